The Kier molecular flexibility index (Phi) is 6.14. The van der Waals surface area contributed by atoms with Gasteiger partial charge in [-0.1, -0.05) is 49.0 Å². The van der Waals surface area contributed by atoms with Crippen molar-refractivity contribution >= 4 is 17.7 Å². The van der Waals surface area contributed by atoms with Gasteiger partial charge in [0.25, 0.3) is 5.56 Å². The van der Waals surface area contributed by atoms with Gasteiger partial charge < -0.3 is 5.32 Å². The van der Waals surface area contributed by atoms with Gasteiger partial charge in [0, 0.05) is 30.0 Å². The van der Waals surface area contributed by atoms with E-state index in [2.05, 4.69) is 22.4 Å². The molecule has 1 N–H and O–H groups in total. The molecule has 0 bridgehead atoms. The van der Waals surface area contributed by atoms with Gasteiger partial charge in [0.1, 0.15) is 0 Å². The average molecular weight is 372 g/mol. The fourth-order valence-electron chi connectivity index (χ4n) is 3.18. The van der Waals surface area contributed by atoms with E-state index in [1.807, 2.05) is 32.0 Å². The molecule has 0 saturated carbocycles. The van der Waals surface area contributed by atoms with Gasteiger partial charge in [0.2, 0.25) is 5.91 Å². The van der Waals surface area contributed by atoms with Crippen LogP contribution in [-0.4, -0.2) is 27.3 Å². The van der Waals surface area contributed by atoms with Crippen molar-refractivity contribution in [1.29, 1.82) is 0 Å². The van der Waals surface area contributed by atoms with Crippen LogP contribution in [0.3, 0.4) is 0 Å². The first kappa shape index (κ1) is 18.7. The lowest BCUT2D eigenvalue weighted by Crippen LogP contribution is -2.35. The summed E-state index contributed by atoms with van der Waals surface area (Å²) >= 11 is 1.56. The molecule has 2 aromatic rings. The molecule has 138 valence electrons. The number of aryl methyl sites for hydroxylation is 2. The van der Waals surface area contributed by atoms with Crippen molar-refractivity contribution in [3.63, 3.8) is 0 Å². The number of thioether (sulfide) groups is 1. The first-order valence-corrected chi connectivity index (χ1v) is 10.1. The van der Waals surface area contributed by atoms with Gasteiger partial charge in [-0.05, 0) is 31.7 Å². The van der Waals surface area contributed by atoms with E-state index in [-0.39, 0.29) is 23.6 Å². The molecule has 0 fully saturated rings. The Morgan fingerprint density at radius 3 is 2.88 bits per heavy atom. The first-order valence-electron chi connectivity index (χ1n) is 9.15. The van der Waals surface area contributed by atoms with Crippen molar-refractivity contribution in [2.45, 2.75) is 56.8 Å². The van der Waals surface area contributed by atoms with E-state index >= 15 is 0 Å². The summed E-state index contributed by atoms with van der Waals surface area (Å²) in [6.45, 7) is 4.01. The molecule has 0 aliphatic carbocycles. The summed E-state index contributed by atoms with van der Waals surface area (Å²) in [5.41, 5.74) is 2.04. The fourth-order valence-corrected chi connectivity index (χ4v) is 4.35. The fraction of sp³-hybridized carbons (Fsp3) is 0.450. The molecule has 1 aromatic carbocycles. The average Bonchev–Trinajstić information content (AvgIpc) is 3.03. The standard InChI is InChI=1S/C20H25N3O2S/c1-3-16-11-19(25)23-17(13-26-20(23)22-16)12-18(24)21-14(2)9-10-15-7-5-4-6-8-15/h4-8,11,14,17H,3,9-10,12-13H2,1-2H3,(H,21,24). The lowest BCUT2D eigenvalue weighted by molar-refractivity contribution is -0.122. The number of hydrogen-bond donors (Lipinski definition) is 1. The minimum Gasteiger partial charge on any atom is -0.354 e. The van der Waals surface area contributed by atoms with Gasteiger partial charge in [-0.25, -0.2) is 4.98 Å². The van der Waals surface area contributed by atoms with E-state index in [9.17, 15) is 9.59 Å². The van der Waals surface area contributed by atoms with Crippen molar-refractivity contribution < 1.29 is 4.79 Å². The number of amides is 1. The molecule has 2 unspecified atom stereocenters. The van der Waals surface area contributed by atoms with Gasteiger partial charge in [-0.2, -0.15) is 0 Å². The van der Waals surface area contributed by atoms with Gasteiger partial charge in [-0.3, -0.25) is 14.2 Å². The summed E-state index contributed by atoms with van der Waals surface area (Å²) in [5, 5.41) is 3.81. The summed E-state index contributed by atoms with van der Waals surface area (Å²) in [6.07, 6.45) is 2.90. The summed E-state index contributed by atoms with van der Waals surface area (Å²) in [4.78, 5) is 29.3. The Labute approximate surface area is 158 Å². The van der Waals surface area contributed by atoms with E-state index in [4.69, 9.17) is 0 Å². The molecule has 3 rings (SSSR count). The predicted molar refractivity (Wildman–Crippen MR) is 105 cm³/mol. The number of rotatable bonds is 7. The second-order valence-electron chi connectivity index (χ2n) is 6.75. The number of fused-ring (bicyclic) bond motifs is 1. The Hall–Kier alpha value is -2.08. The van der Waals surface area contributed by atoms with Crippen molar-refractivity contribution in [2.24, 2.45) is 0 Å². The van der Waals surface area contributed by atoms with Gasteiger partial charge in [-0.15, -0.1) is 0 Å². The number of nitrogens with one attached hydrogen (secondary N) is 1. The zero-order chi connectivity index (χ0) is 18.5. The van der Waals surface area contributed by atoms with E-state index in [1.165, 1.54) is 5.56 Å². The highest BCUT2D eigenvalue weighted by Crippen LogP contribution is 2.32. The third-order valence-corrected chi connectivity index (χ3v) is 5.74. The maximum Gasteiger partial charge on any atom is 0.254 e. The van der Waals surface area contributed by atoms with Crippen molar-refractivity contribution in [2.75, 3.05) is 5.75 Å². The molecule has 1 amide bonds. The summed E-state index contributed by atoms with van der Waals surface area (Å²) < 4.78 is 1.68. The molecule has 1 aromatic heterocycles. The molecule has 1 aliphatic heterocycles. The van der Waals surface area contributed by atoms with Crippen molar-refractivity contribution in [3.05, 3.63) is 58.0 Å². The summed E-state index contributed by atoms with van der Waals surface area (Å²) in [6, 6.07) is 11.9. The first-order chi connectivity index (χ1) is 12.6. The predicted octanol–water partition coefficient (Wildman–Crippen LogP) is 2.98. The van der Waals surface area contributed by atoms with Crippen molar-refractivity contribution in [3.8, 4) is 0 Å². The Balaban J connectivity index is 1.54. The van der Waals surface area contributed by atoms with Gasteiger partial charge in [0.15, 0.2) is 5.16 Å². The number of aromatic nitrogens is 2. The highest BCUT2D eigenvalue weighted by atomic mass is 32.2. The molecule has 0 spiro atoms. The summed E-state index contributed by atoms with van der Waals surface area (Å²) in [5.74, 6) is 0.719. The van der Waals surface area contributed by atoms with Crippen LogP contribution in [0.2, 0.25) is 0 Å². The Bertz CT molecular complexity index is 820. The SMILES string of the molecule is CCc1cc(=O)n2c(n1)SCC2CC(=O)NC(C)CCc1ccccc1. The van der Waals surface area contributed by atoms with Gasteiger partial charge >= 0.3 is 0 Å². The lowest BCUT2D eigenvalue weighted by atomic mass is 10.1. The third kappa shape index (κ3) is 4.55. The highest BCUT2D eigenvalue weighted by Gasteiger charge is 2.27. The van der Waals surface area contributed by atoms with Crippen LogP contribution in [0.25, 0.3) is 0 Å². The maximum atomic E-state index is 12.4. The lowest BCUT2D eigenvalue weighted by Gasteiger charge is -2.17. The van der Waals surface area contributed by atoms with E-state index in [0.717, 1.165) is 35.9 Å². The Morgan fingerprint density at radius 1 is 1.38 bits per heavy atom. The van der Waals surface area contributed by atoms with Crippen molar-refractivity contribution in [1.82, 2.24) is 14.9 Å². The number of hydrogen-bond acceptors (Lipinski definition) is 4. The highest BCUT2D eigenvalue weighted by molar-refractivity contribution is 7.99. The zero-order valence-electron chi connectivity index (χ0n) is 15.3. The zero-order valence-corrected chi connectivity index (χ0v) is 16.1. The molecular formula is C20H25N3O2S. The number of nitrogens with zero attached hydrogens (tertiary/aromatic N) is 2. The molecule has 5 nitrogen and oxygen atoms in total. The van der Waals surface area contributed by atoms with Crippen LogP contribution in [0.4, 0.5) is 0 Å². The number of carbonyl (C=O) groups is 1. The van der Waals surface area contributed by atoms with Gasteiger partial charge in [0.05, 0.1) is 6.04 Å². The smallest absolute Gasteiger partial charge is 0.254 e. The molecule has 0 saturated heterocycles. The molecule has 26 heavy (non-hydrogen) atoms. The van der Waals surface area contributed by atoms with E-state index in [0.29, 0.717) is 6.42 Å². The minimum atomic E-state index is -0.109. The molecule has 2 atom stereocenters. The maximum absolute atomic E-state index is 12.4. The van der Waals surface area contributed by atoms with Crippen LogP contribution >= 0.6 is 11.8 Å². The molecular weight excluding hydrogens is 346 g/mol. The number of carbonyl (C=O) groups excluding carboxylic acids is 1. The van der Waals surface area contributed by atoms with Crippen LogP contribution in [0, 0.1) is 0 Å². The van der Waals surface area contributed by atoms with Crippen LogP contribution in [0.5, 0.6) is 0 Å². The quantitative estimate of drug-likeness (QED) is 0.760. The topological polar surface area (TPSA) is 64.0 Å². The second kappa shape index (κ2) is 8.54. The van der Waals surface area contributed by atoms with Crippen LogP contribution < -0.4 is 10.9 Å². The number of benzene rings is 1. The van der Waals surface area contributed by atoms with Crippen LogP contribution in [0.1, 0.15) is 44.0 Å². The molecule has 6 heteroatoms. The largest absolute Gasteiger partial charge is 0.354 e. The third-order valence-electron chi connectivity index (χ3n) is 4.64. The van der Waals surface area contributed by atoms with Crippen LogP contribution in [-0.2, 0) is 17.6 Å². The molecule has 2 heterocycles. The molecule has 0 radical (unpaired) electrons. The summed E-state index contributed by atoms with van der Waals surface area (Å²) in [7, 11) is 0. The monoisotopic (exact) mass is 371 g/mol. The normalized spacial score (nSPS) is 16.9. The van der Waals surface area contributed by atoms with E-state index < -0.39 is 0 Å². The second-order valence-corrected chi connectivity index (χ2v) is 7.74. The molecule has 1 aliphatic rings. The Morgan fingerprint density at radius 2 is 2.15 bits per heavy atom. The van der Waals surface area contributed by atoms with E-state index in [1.54, 1.807) is 22.4 Å². The minimum absolute atomic E-state index is 0.00419. The van der Waals surface area contributed by atoms with Crippen LogP contribution in [0.15, 0.2) is 46.3 Å².